The molecule has 2 rings (SSSR count). The summed E-state index contributed by atoms with van der Waals surface area (Å²) in [5.74, 6) is 0.556. The minimum Gasteiger partial charge on any atom is -0.387 e. The van der Waals surface area contributed by atoms with E-state index in [-0.39, 0.29) is 18.3 Å². The molecule has 1 fully saturated rings. The maximum Gasteiger partial charge on any atom is 0.0938 e. The molecule has 0 heterocycles. The molecule has 3 nitrogen and oxygen atoms in total. The first-order chi connectivity index (χ1) is 7.25. The van der Waals surface area contributed by atoms with Crippen LogP contribution < -0.4 is 5.73 Å². The van der Waals surface area contributed by atoms with Crippen molar-refractivity contribution in [3.8, 4) is 0 Å². The molecule has 88 valence electrons. The van der Waals surface area contributed by atoms with Crippen LogP contribution in [-0.2, 0) is 11.3 Å². The summed E-state index contributed by atoms with van der Waals surface area (Å²) in [6, 6.07) is 10.1. The van der Waals surface area contributed by atoms with Gasteiger partial charge in [-0.15, -0.1) is 12.4 Å². The summed E-state index contributed by atoms with van der Waals surface area (Å²) < 4.78 is 5.69. The van der Waals surface area contributed by atoms with Gasteiger partial charge in [-0.25, -0.2) is 0 Å². The molecule has 1 aromatic rings. The third-order valence-corrected chi connectivity index (χ3v) is 2.86. The fourth-order valence-electron chi connectivity index (χ4n) is 1.74. The first kappa shape index (κ1) is 13.0. The Morgan fingerprint density at radius 1 is 1.31 bits per heavy atom. The van der Waals surface area contributed by atoms with Crippen molar-refractivity contribution in [3.63, 3.8) is 0 Å². The highest BCUT2D eigenvalue weighted by molar-refractivity contribution is 5.85. The molecule has 0 saturated heterocycles. The second-order valence-corrected chi connectivity index (χ2v) is 4.04. The van der Waals surface area contributed by atoms with Crippen LogP contribution in [0.2, 0.25) is 0 Å². The molecule has 0 spiro atoms. The first-order valence-corrected chi connectivity index (χ1v) is 5.25. The lowest BCUT2D eigenvalue weighted by Gasteiger charge is -2.34. The molecule has 0 aromatic heterocycles. The van der Waals surface area contributed by atoms with Gasteiger partial charge in [0, 0.05) is 5.92 Å². The molecule has 1 aliphatic rings. The summed E-state index contributed by atoms with van der Waals surface area (Å²) in [5.41, 5.74) is 6.59. The Bertz CT molecular complexity index is 336. The molecule has 0 aliphatic heterocycles. The van der Waals surface area contributed by atoms with Gasteiger partial charge in [0.25, 0.3) is 0 Å². The fraction of sp³-hybridized carbons (Fsp3) is 0.417. The summed E-state index contributed by atoms with van der Waals surface area (Å²) in [6.07, 6.45) is 2.10. The molecule has 1 aromatic carbocycles. The van der Waals surface area contributed by atoms with Gasteiger partial charge in [0.1, 0.15) is 0 Å². The number of halogens is 1. The third kappa shape index (κ3) is 3.22. The summed E-state index contributed by atoms with van der Waals surface area (Å²) in [4.78, 5) is 0. The van der Waals surface area contributed by atoms with Gasteiger partial charge in [-0.1, -0.05) is 30.3 Å². The number of hydrogen-bond donors (Lipinski definition) is 2. The van der Waals surface area contributed by atoms with Crippen LogP contribution in [-0.4, -0.2) is 11.9 Å². The Morgan fingerprint density at radius 3 is 2.50 bits per heavy atom. The van der Waals surface area contributed by atoms with Crippen molar-refractivity contribution in [3.05, 3.63) is 35.9 Å². The van der Waals surface area contributed by atoms with Crippen LogP contribution >= 0.6 is 12.4 Å². The predicted molar refractivity (Wildman–Crippen MR) is 66.9 cm³/mol. The Kier molecular flexibility index (Phi) is 4.77. The van der Waals surface area contributed by atoms with Gasteiger partial charge in [0.15, 0.2) is 0 Å². The molecule has 0 amide bonds. The Morgan fingerprint density at radius 2 is 1.94 bits per heavy atom. The van der Waals surface area contributed by atoms with Crippen LogP contribution in [0, 0.1) is 11.3 Å². The molecule has 1 saturated carbocycles. The van der Waals surface area contributed by atoms with Crippen molar-refractivity contribution in [1.82, 2.24) is 0 Å². The number of amidine groups is 1. The van der Waals surface area contributed by atoms with Gasteiger partial charge in [-0.3, -0.25) is 5.41 Å². The lowest BCUT2D eigenvalue weighted by Crippen LogP contribution is -2.39. The van der Waals surface area contributed by atoms with E-state index in [1.165, 1.54) is 5.56 Å². The lowest BCUT2D eigenvalue weighted by molar-refractivity contribution is -0.0242. The lowest BCUT2D eigenvalue weighted by atomic mass is 9.81. The molecule has 3 N–H and O–H groups in total. The number of rotatable bonds is 4. The number of benzene rings is 1. The van der Waals surface area contributed by atoms with Crippen molar-refractivity contribution in [2.75, 3.05) is 0 Å². The summed E-state index contributed by atoms with van der Waals surface area (Å²) >= 11 is 0. The van der Waals surface area contributed by atoms with Crippen LogP contribution in [0.1, 0.15) is 18.4 Å². The minimum atomic E-state index is 0. The highest BCUT2D eigenvalue weighted by Gasteiger charge is 2.31. The van der Waals surface area contributed by atoms with Crippen molar-refractivity contribution >= 4 is 18.2 Å². The van der Waals surface area contributed by atoms with Crippen molar-refractivity contribution < 1.29 is 4.74 Å². The first-order valence-electron chi connectivity index (χ1n) is 5.25. The maximum atomic E-state index is 7.26. The normalized spacial score (nSPS) is 23.0. The smallest absolute Gasteiger partial charge is 0.0938 e. The van der Waals surface area contributed by atoms with Crippen molar-refractivity contribution in [1.29, 1.82) is 5.41 Å². The van der Waals surface area contributed by atoms with Gasteiger partial charge in [0.05, 0.1) is 18.5 Å². The van der Waals surface area contributed by atoms with Gasteiger partial charge in [0.2, 0.25) is 0 Å². The van der Waals surface area contributed by atoms with Crippen LogP contribution in [0.25, 0.3) is 0 Å². The van der Waals surface area contributed by atoms with Gasteiger partial charge < -0.3 is 10.5 Å². The largest absolute Gasteiger partial charge is 0.387 e. The quantitative estimate of drug-likeness (QED) is 0.627. The maximum absolute atomic E-state index is 7.26. The second kappa shape index (κ2) is 5.87. The predicted octanol–water partition coefficient (Wildman–Crippen LogP) is 2.34. The van der Waals surface area contributed by atoms with E-state index in [4.69, 9.17) is 15.9 Å². The van der Waals surface area contributed by atoms with Crippen LogP contribution in [0.5, 0.6) is 0 Å². The van der Waals surface area contributed by atoms with Crippen molar-refractivity contribution in [2.45, 2.75) is 25.6 Å². The number of ether oxygens (including phenoxy) is 1. The minimum absolute atomic E-state index is 0. The monoisotopic (exact) mass is 240 g/mol. The molecule has 0 bridgehead atoms. The topological polar surface area (TPSA) is 59.1 Å². The zero-order valence-corrected chi connectivity index (χ0v) is 9.87. The van der Waals surface area contributed by atoms with E-state index in [0.717, 1.165) is 12.8 Å². The summed E-state index contributed by atoms with van der Waals surface area (Å²) in [6.45, 7) is 0.663. The van der Waals surface area contributed by atoms with Gasteiger partial charge in [-0.2, -0.15) is 0 Å². The van der Waals surface area contributed by atoms with E-state index in [1.807, 2.05) is 18.2 Å². The molecular weight excluding hydrogens is 224 g/mol. The zero-order chi connectivity index (χ0) is 10.7. The van der Waals surface area contributed by atoms with Crippen LogP contribution in [0.3, 0.4) is 0 Å². The molecule has 4 heteroatoms. The van der Waals surface area contributed by atoms with E-state index in [9.17, 15) is 0 Å². The molecule has 0 atom stereocenters. The molecule has 1 aliphatic carbocycles. The summed E-state index contributed by atoms with van der Waals surface area (Å²) in [7, 11) is 0. The van der Waals surface area contributed by atoms with E-state index < -0.39 is 0 Å². The van der Waals surface area contributed by atoms with Crippen LogP contribution in [0.15, 0.2) is 30.3 Å². The number of hydrogen-bond acceptors (Lipinski definition) is 2. The van der Waals surface area contributed by atoms with E-state index in [1.54, 1.807) is 0 Å². The molecule has 16 heavy (non-hydrogen) atoms. The Hall–Kier alpha value is -1.06. The highest BCUT2D eigenvalue weighted by atomic mass is 35.5. The molecular formula is C12H17ClN2O. The summed E-state index contributed by atoms with van der Waals surface area (Å²) in [5, 5.41) is 7.26. The average Bonchev–Trinajstić information content (AvgIpc) is 2.16. The molecule has 0 unspecified atom stereocenters. The highest BCUT2D eigenvalue weighted by Crippen LogP contribution is 2.30. The second-order valence-electron chi connectivity index (χ2n) is 4.04. The zero-order valence-electron chi connectivity index (χ0n) is 9.06. The van der Waals surface area contributed by atoms with Gasteiger partial charge >= 0.3 is 0 Å². The third-order valence-electron chi connectivity index (χ3n) is 2.86. The van der Waals surface area contributed by atoms with Crippen molar-refractivity contribution in [2.24, 2.45) is 11.7 Å². The Balaban J connectivity index is 0.00000128. The standard InChI is InChI=1S/C12H16N2O.ClH/c13-12(14)10-6-11(7-10)15-8-9-4-2-1-3-5-9;/h1-5,10-11H,6-8H2,(H3,13,14);1H. The molecule has 0 radical (unpaired) electrons. The van der Waals surface area contributed by atoms with E-state index >= 15 is 0 Å². The SMILES string of the molecule is Cl.N=C(N)C1CC(OCc2ccccc2)C1. The number of nitrogens with one attached hydrogen (secondary N) is 1. The fourth-order valence-corrected chi connectivity index (χ4v) is 1.74. The average molecular weight is 241 g/mol. The van der Waals surface area contributed by atoms with E-state index in [0.29, 0.717) is 18.5 Å². The van der Waals surface area contributed by atoms with E-state index in [2.05, 4.69) is 12.1 Å². The van der Waals surface area contributed by atoms with Crippen LogP contribution in [0.4, 0.5) is 0 Å². The Labute approximate surface area is 102 Å². The number of nitrogens with two attached hydrogens (primary N) is 1. The van der Waals surface area contributed by atoms with Gasteiger partial charge in [-0.05, 0) is 18.4 Å².